The third-order valence-electron chi connectivity index (χ3n) is 6.50. The second-order valence-corrected chi connectivity index (χ2v) is 9.30. The molecular formula is C30H28ClN3O3. The van der Waals surface area contributed by atoms with Crippen molar-refractivity contribution in [2.45, 2.75) is 25.7 Å². The van der Waals surface area contributed by atoms with Gasteiger partial charge >= 0.3 is 0 Å². The largest absolute Gasteiger partial charge is 0.493 e. The molecule has 3 aromatic carbocycles. The number of halogens is 1. The summed E-state index contributed by atoms with van der Waals surface area (Å²) in [4.78, 5) is 17.6. The van der Waals surface area contributed by atoms with Crippen molar-refractivity contribution in [3.8, 4) is 11.5 Å². The number of ether oxygens (including phenoxy) is 2. The lowest BCUT2D eigenvalue weighted by Gasteiger charge is -2.22. The number of aromatic nitrogens is 1. The number of pyridine rings is 1. The number of anilines is 3. The molecule has 7 heteroatoms. The Bertz CT molecular complexity index is 1500. The molecule has 0 aliphatic heterocycles. The fourth-order valence-electron chi connectivity index (χ4n) is 4.66. The smallest absolute Gasteiger partial charge is 0.248 e. The normalized spacial score (nSPS) is 12.8. The lowest BCUT2D eigenvalue weighted by molar-refractivity contribution is -0.111. The third-order valence-corrected chi connectivity index (χ3v) is 6.85. The van der Waals surface area contributed by atoms with Gasteiger partial charge in [-0.25, -0.2) is 0 Å². The molecule has 6 nitrogen and oxygen atoms in total. The van der Waals surface area contributed by atoms with Crippen LogP contribution in [-0.4, -0.2) is 25.1 Å². The zero-order valence-electron chi connectivity index (χ0n) is 20.8. The zero-order valence-corrected chi connectivity index (χ0v) is 21.6. The number of methoxy groups -OCH3 is 2. The molecule has 37 heavy (non-hydrogen) atoms. The van der Waals surface area contributed by atoms with Crippen molar-refractivity contribution in [3.05, 3.63) is 88.6 Å². The molecule has 1 amide bonds. The zero-order chi connectivity index (χ0) is 25.8. The van der Waals surface area contributed by atoms with Gasteiger partial charge in [0, 0.05) is 39.6 Å². The Balaban J connectivity index is 1.49. The standard InChI is InChI=1S/C30H28ClN3O3/c1-36-27-15-13-21(18-28(27)37-2)33-30-22-8-4-6-10-25(22)34-26-14-12-20(17-23(26)30)32-29(35)16-11-19-7-3-5-9-24(19)31/h3,5,7,9,11-18H,4,6,8,10H2,1-2H3,(H,32,35)(H,33,34)/b16-11+. The molecule has 0 spiro atoms. The number of carbonyl (C=O) groups is 1. The fraction of sp³-hybridized carbons (Fsp3) is 0.200. The van der Waals surface area contributed by atoms with E-state index in [1.807, 2.05) is 54.6 Å². The lowest BCUT2D eigenvalue weighted by Crippen LogP contribution is -2.11. The van der Waals surface area contributed by atoms with Crippen LogP contribution in [0.15, 0.2) is 66.7 Å². The third kappa shape index (κ3) is 5.39. The first kappa shape index (κ1) is 24.7. The Morgan fingerprint density at radius 1 is 0.946 bits per heavy atom. The minimum absolute atomic E-state index is 0.236. The van der Waals surface area contributed by atoms with Crippen LogP contribution in [0, 0.1) is 0 Å². The van der Waals surface area contributed by atoms with Gasteiger partial charge in [-0.3, -0.25) is 9.78 Å². The van der Waals surface area contributed by atoms with Gasteiger partial charge in [-0.05, 0) is 79.3 Å². The highest BCUT2D eigenvalue weighted by Gasteiger charge is 2.19. The van der Waals surface area contributed by atoms with E-state index in [-0.39, 0.29) is 5.91 Å². The summed E-state index contributed by atoms with van der Waals surface area (Å²) in [5.74, 6) is 1.09. The minimum atomic E-state index is -0.236. The predicted molar refractivity (Wildman–Crippen MR) is 150 cm³/mol. The van der Waals surface area contributed by atoms with E-state index in [1.54, 1.807) is 26.4 Å². The van der Waals surface area contributed by atoms with Crippen LogP contribution in [0.1, 0.15) is 29.7 Å². The number of aryl methyl sites for hydroxylation is 1. The van der Waals surface area contributed by atoms with E-state index >= 15 is 0 Å². The lowest BCUT2D eigenvalue weighted by atomic mass is 9.92. The van der Waals surface area contributed by atoms with Gasteiger partial charge in [-0.1, -0.05) is 29.8 Å². The number of amides is 1. The molecule has 0 fully saturated rings. The fourth-order valence-corrected chi connectivity index (χ4v) is 4.86. The monoisotopic (exact) mass is 513 g/mol. The Morgan fingerprint density at radius 2 is 1.73 bits per heavy atom. The van der Waals surface area contributed by atoms with E-state index in [1.165, 1.54) is 11.6 Å². The molecule has 0 radical (unpaired) electrons. The van der Waals surface area contributed by atoms with E-state index < -0.39 is 0 Å². The van der Waals surface area contributed by atoms with E-state index in [0.29, 0.717) is 22.2 Å². The van der Waals surface area contributed by atoms with Gasteiger partial charge in [-0.2, -0.15) is 0 Å². The van der Waals surface area contributed by atoms with Crippen molar-refractivity contribution in [1.29, 1.82) is 0 Å². The molecule has 0 unspecified atom stereocenters. The summed E-state index contributed by atoms with van der Waals surface area (Å²) in [6.07, 6.45) is 7.35. The number of carbonyl (C=O) groups excluding carboxylic acids is 1. The van der Waals surface area contributed by atoms with E-state index in [4.69, 9.17) is 26.1 Å². The Morgan fingerprint density at radius 3 is 2.54 bits per heavy atom. The molecule has 5 rings (SSSR count). The van der Waals surface area contributed by atoms with Gasteiger partial charge in [-0.15, -0.1) is 0 Å². The number of nitrogens with zero attached hydrogens (tertiary/aromatic N) is 1. The number of benzene rings is 3. The molecule has 2 N–H and O–H groups in total. The van der Waals surface area contributed by atoms with Crippen LogP contribution in [0.5, 0.6) is 11.5 Å². The number of hydrogen-bond acceptors (Lipinski definition) is 5. The van der Waals surface area contributed by atoms with Crippen molar-refractivity contribution in [2.24, 2.45) is 0 Å². The maximum Gasteiger partial charge on any atom is 0.248 e. The van der Waals surface area contributed by atoms with Crippen molar-refractivity contribution >= 4 is 51.5 Å². The Kier molecular flexibility index (Phi) is 7.28. The van der Waals surface area contributed by atoms with Crippen LogP contribution in [0.25, 0.3) is 17.0 Å². The van der Waals surface area contributed by atoms with Crippen LogP contribution >= 0.6 is 11.6 Å². The van der Waals surface area contributed by atoms with Crippen LogP contribution < -0.4 is 20.1 Å². The number of hydrogen-bond donors (Lipinski definition) is 2. The summed E-state index contributed by atoms with van der Waals surface area (Å²) >= 11 is 6.20. The highest BCUT2D eigenvalue weighted by atomic mass is 35.5. The molecule has 4 aromatic rings. The van der Waals surface area contributed by atoms with Gasteiger partial charge < -0.3 is 20.1 Å². The maximum absolute atomic E-state index is 12.7. The summed E-state index contributed by atoms with van der Waals surface area (Å²) < 4.78 is 10.9. The quantitative estimate of drug-likeness (QED) is 0.256. The van der Waals surface area contributed by atoms with Gasteiger partial charge in [0.1, 0.15) is 0 Å². The number of fused-ring (bicyclic) bond motifs is 2. The summed E-state index contributed by atoms with van der Waals surface area (Å²) in [6.45, 7) is 0. The van der Waals surface area contributed by atoms with E-state index in [0.717, 1.165) is 59.2 Å². The molecule has 0 atom stereocenters. The van der Waals surface area contributed by atoms with Crippen LogP contribution in [-0.2, 0) is 17.6 Å². The van der Waals surface area contributed by atoms with Crippen LogP contribution in [0.4, 0.5) is 17.1 Å². The minimum Gasteiger partial charge on any atom is -0.493 e. The number of nitrogens with one attached hydrogen (secondary N) is 2. The first-order valence-electron chi connectivity index (χ1n) is 12.2. The number of rotatable bonds is 7. The van der Waals surface area contributed by atoms with E-state index in [9.17, 15) is 4.79 Å². The Labute approximate surface area is 221 Å². The van der Waals surface area contributed by atoms with Crippen molar-refractivity contribution in [1.82, 2.24) is 4.98 Å². The average Bonchev–Trinajstić information content (AvgIpc) is 2.92. The first-order valence-corrected chi connectivity index (χ1v) is 12.6. The molecule has 1 heterocycles. The molecule has 1 aliphatic rings. The van der Waals surface area contributed by atoms with Gasteiger partial charge in [0.15, 0.2) is 11.5 Å². The second kappa shape index (κ2) is 10.9. The Hall–Kier alpha value is -4.03. The van der Waals surface area contributed by atoms with Crippen molar-refractivity contribution < 1.29 is 14.3 Å². The molecule has 0 bridgehead atoms. The second-order valence-electron chi connectivity index (χ2n) is 8.89. The molecule has 0 saturated heterocycles. The van der Waals surface area contributed by atoms with Gasteiger partial charge in [0.05, 0.1) is 25.4 Å². The predicted octanol–water partition coefficient (Wildman–Crippen LogP) is 7.18. The summed E-state index contributed by atoms with van der Waals surface area (Å²) in [5.41, 5.74) is 6.60. The molecular weight excluding hydrogens is 486 g/mol. The molecule has 188 valence electrons. The van der Waals surface area contributed by atoms with Crippen molar-refractivity contribution in [2.75, 3.05) is 24.9 Å². The topological polar surface area (TPSA) is 72.5 Å². The van der Waals surface area contributed by atoms with Gasteiger partial charge in [0.25, 0.3) is 0 Å². The highest BCUT2D eigenvalue weighted by molar-refractivity contribution is 6.32. The molecule has 1 aliphatic carbocycles. The SMILES string of the molecule is COc1ccc(Nc2c3c(nc4ccc(NC(=O)/C=C/c5ccccc5Cl)cc24)CCCC3)cc1OC. The summed E-state index contributed by atoms with van der Waals surface area (Å²) in [7, 11) is 3.25. The maximum atomic E-state index is 12.7. The summed E-state index contributed by atoms with van der Waals surface area (Å²) in [6, 6.07) is 19.0. The molecule has 0 saturated carbocycles. The van der Waals surface area contributed by atoms with Crippen LogP contribution in [0.2, 0.25) is 5.02 Å². The van der Waals surface area contributed by atoms with Crippen molar-refractivity contribution in [3.63, 3.8) is 0 Å². The molecule has 1 aromatic heterocycles. The van der Waals surface area contributed by atoms with E-state index in [2.05, 4.69) is 10.6 Å². The highest BCUT2D eigenvalue weighted by Crippen LogP contribution is 2.38. The van der Waals surface area contributed by atoms with Gasteiger partial charge in [0.2, 0.25) is 5.91 Å². The average molecular weight is 514 g/mol. The first-order chi connectivity index (χ1) is 18.1. The summed E-state index contributed by atoms with van der Waals surface area (Å²) in [5, 5.41) is 8.13. The van der Waals surface area contributed by atoms with Crippen LogP contribution in [0.3, 0.4) is 0 Å².